The molecule has 0 heterocycles. The van der Waals surface area contributed by atoms with Gasteiger partial charge in [0, 0.05) is 0 Å². The normalized spacial score (nSPS) is 10.5. The first-order valence-electron chi connectivity index (χ1n) is 4.28. The molecule has 0 amide bonds. The molecule has 0 radical (unpaired) electrons. The number of aryl methyl sites for hydroxylation is 1. The third-order valence-electron chi connectivity index (χ3n) is 1.96. The summed E-state index contributed by atoms with van der Waals surface area (Å²) in [5.41, 5.74) is 6.17. The first-order chi connectivity index (χ1) is 6.93. The first kappa shape index (κ1) is 11.4. The highest BCUT2D eigenvalue weighted by Gasteiger charge is 2.18. The van der Waals surface area contributed by atoms with Crippen LogP contribution in [0.1, 0.15) is 22.8 Å². The van der Waals surface area contributed by atoms with Crippen molar-refractivity contribution in [1.29, 1.82) is 0 Å². The molecular weight excluding hydrogens is 204 g/mol. The molecule has 3 nitrogen and oxygen atoms in total. The van der Waals surface area contributed by atoms with E-state index in [1.807, 2.05) is 0 Å². The number of hydrogen-bond donors (Lipinski definition) is 1. The fourth-order valence-corrected chi connectivity index (χ4v) is 1.35. The van der Waals surface area contributed by atoms with Gasteiger partial charge in [0.15, 0.2) is 11.5 Å². The van der Waals surface area contributed by atoms with E-state index in [2.05, 4.69) is 4.74 Å². The minimum Gasteiger partial charge on any atom is -0.432 e. The van der Waals surface area contributed by atoms with Crippen LogP contribution in [0, 0.1) is 6.92 Å². The summed E-state index contributed by atoms with van der Waals surface area (Å²) in [5.74, 6) is -0.590. The van der Waals surface area contributed by atoms with Gasteiger partial charge in [-0.05, 0) is 25.5 Å². The first-order valence-corrected chi connectivity index (χ1v) is 4.28. The number of hydrogen-bond acceptors (Lipinski definition) is 3. The fraction of sp³-hybridized carbons (Fsp3) is 0.300. The van der Waals surface area contributed by atoms with Crippen LogP contribution < -0.4 is 10.5 Å². The van der Waals surface area contributed by atoms with Crippen molar-refractivity contribution in [2.45, 2.75) is 20.5 Å². The Bertz CT molecular complexity index is 391. The van der Waals surface area contributed by atoms with E-state index < -0.39 is 6.61 Å². The van der Waals surface area contributed by atoms with Gasteiger partial charge in [0.1, 0.15) is 0 Å². The van der Waals surface area contributed by atoms with Gasteiger partial charge in [0.25, 0.3) is 0 Å². The summed E-state index contributed by atoms with van der Waals surface area (Å²) >= 11 is 0. The number of alkyl halides is 2. The molecule has 0 saturated carbocycles. The van der Waals surface area contributed by atoms with E-state index in [-0.39, 0.29) is 22.8 Å². The van der Waals surface area contributed by atoms with Crippen molar-refractivity contribution in [3.63, 3.8) is 0 Å². The smallest absolute Gasteiger partial charge is 0.387 e. The standard InChI is InChI=1S/C10H11F2NO2/c1-5-3-4-7(13)9(15-10(11)12)8(5)6(2)14/h3-4,10H,13H2,1-2H3. The highest BCUT2D eigenvalue weighted by atomic mass is 19.3. The van der Waals surface area contributed by atoms with Crippen LogP contribution in [-0.2, 0) is 0 Å². The van der Waals surface area contributed by atoms with Gasteiger partial charge in [-0.25, -0.2) is 0 Å². The second-order valence-corrected chi connectivity index (χ2v) is 3.11. The zero-order valence-electron chi connectivity index (χ0n) is 8.38. The number of ketones is 1. The molecule has 82 valence electrons. The number of ether oxygens (including phenoxy) is 1. The number of rotatable bonds is 3. The molecule has 0 unspecified atom stereocenters. The molecule has 0 aliphatic rings. The Balaban J connectivity index is 3.31. The summed E-state index contributed by atoms with van der Waals surface area (Å²) in [6.45, 7) is -0.0820. The van der Waals surface area contributed by atoms with Crippen molar-refractivity contribution in [2.75, 3.05) is 5.73 Å². The van der Waals surface area contributed by atoms with Crippen LogP contribution in [0.25, 0.3) is 0 Å². The van der Waals surface area contributed by atoms with Crippen LogP contribution in [-0.4, -0.2) is 12.4 Å². The van der Waals surface area contributed by atoms with Crippen LogP contribution in [0.5, 0.6) is 5.75 Å². The molecule has 1 aromatic rings. The van der Waals surface area contributed by atoms with Crippen molar-refractivity contribution >= 4 is 11.5 Å². The lowest BCUT2D eigenvalue weighted by molar-refractivity contribution is -0.0496. The lowest BCUT2D eigenvalue weighted by atomic mass is 10.0. The van der Waals surface area contributed by atoms with Crippen LogP contribution in [0.15, 0.2) is 12.1 Å². The monoisotopic (exact) mass is 215 g/mol. The Hall–Kier alpha value is -1.65. The summed E-state index contributed by atoms with van der Waals surface area (Å²) in [5, 5.41) is 0. The maximum atomic E-state index is 12.1. The molecule has 0 saturated heterocycles. The lowest BCUT2D eigenvalue weighted by Crippen LogP contribution is -2.10. The van der Waals surface area contributed by atoms with Gasteiger partial charge < -0.3 is 10.5 Å². The van der Waals surface area contributed by atoms with Crippen LogP contribution in [0.2, 0.25) is 0 Å². The molecule has 5 heteroatoms. The maximum absolute atomic E-state index is 12.1. The van der Waals surface area contributed by atoms with Crippen LogP contribution in [0.3, 0.4) is 0 Å². The van der Waals surface area contributed by atoms with Crippen LogP contribution >= 0.6 is 0 Å². The molecule has 0 aliphatic carbocycles. The third kappa shape index (κ3) is 2.43. The van der Waals surface area contributed by atoms with Gasteiger partial charge in [-0.1, -0.05) is 6.07 Å². The van der Waals surface area contributed by atoms with Gasteiger partial charge in [0.05, 0.1) is 11.3 Å². The molecule has 0 aromatic heterocycles. The molecule has 0 aliphatic heterocycles. The van der Waals surface area contributed by atoms with Gasteiger partial charge in [-0.2, -0.15) is 8.78 Å². The molecular formula is C10H11F2NO2. The minimum atomic E-state index is -2.99. The van der Waals surface area contributed by atoms with E-state index in [9.17, 15) is 13.6 Å². The summed E-state index contributed by atoms with van der Waals surface area (Å²) < 4.78 is 28.4. The number of nitrogens with two attached hydrogens (primary N) is 1. The Morgan fingerprint density at radius 2 is 2.07 bits per heavy atom. The van der Waals surface area contributed by atoms with Crippen molar-refractivity contribution in [1.82, 2.24) is 0 Å². The largest absolute Gasteiger partial charge is 0.432 e. The van der Waals surface area contributed by atoms with E-state index in [1.54, 1.807) is 13.0 Å². The number of nitrogen functional groups attached to an aromatic ring is 1. The second-order valence-electron chi connectivity index (χ2n) is 3.11. The van der Waals surface area contributed by atoms with E-state index >= 15 is 0 Å². The topological polar surface area (TPSA) is 52.3 Å². The molecule has 1 rings (SSSR count). The zero-order valence-corrected chi connectivity index (χ0v) is 8.38. The molecule has 2 N–H and O–H groups in total. The number of benzene rings is 1. The SMILES string of the molecule is CC(=O)c1c(C)ccc(N)c1OC(F)F. The minimum absolute atomic E-state index is 0.0334. The third-order valence-corrected chi connectivity index (χ3v) is 1.96. The van der Waals surface area contributed by atoms with Gasteiger partial charge in [0.2, 0.25) is 0 Å². The summed E-state index contributed by atoms with van der Waals surface area (Å²) in [4.78, 5) is 11.2. The maximum Gasteiger partial charge on any atom is 0.387 e. The summed E-state index contributed by atoms with van der Waals surface area (Å²) in [6.07, 6.45) is 0. The average molecular weight is 215 g/mol. The molecule has 15 heavy (non-hydrogen) atoms. The lowest BCUT2D eigenvalue weighted by Gasteiger charge is -2.13. The van der Waals surface area contributed by atoms with Crippen molar-refractivity contribution in [3.8, 4) is 5.75 Å². The quantitative estimate of drug-likeness (QED) is 0.622. The fourth-order valence-electron chi connectivity index (χ4n) is 1.35. The van der Waals surface area contributed by atoms with Crippen molar-refractivity contribution in [2.24, 2.45) is 0 Å². The predicted molar refractivity (Wildman–Crippen MR) is 52.2 cm³/mol. The summed E-state index contributed by atoms with van der Waals surface area (Å²) in [6, 6.07) is 3.02. The second kappa shape index (κ2) is 4.25. The van der Waals surface area contributed by atoms with E-state index in [0.717, 1.165) is 0 Å². The van der Waals surface area contributed by atoms with Crippen molar-refractivity contribution < 1.29 is 18.3 Å². The molecule has 0 fully saturated rings. The number of anilines is 1. The van der Waals surface area contributed by atoms with E-state index in [1.165, 1.54) is 13.0 Å². The molecule has 0 atom stereocenters. The average Bonchev–Trinajstić information content (AvgIpc) is 2.10. The number of carbonyl (C=O) groups is 1. The Labute approximate surface area is 85.8 Å². The highest BCUT2D eigenvalue weighted by molar-refractivity contribution is 6.00. The molecule has 1 aromatic carbocycles. The van der Waals surface area contributed by atoms with Gasteiger partial charge >= 0.3 is 6.61 Å². The van der Waals surface area contributed by atoms with E-state index in [4.69, 9.17) is 5.73 Å². The van der Waals surface area contributed by atoms with Crippen molar-refractivity contribution in [3.05, 3.63) is 23.3 Å². The number of halogens is 2. The summed E-state index contributed by atoms with van der Waals surface area (Å²) in [7, 11) is 0. The number of carbonyl (C=O) groups excluding carboxylic acids is 1. The molecule has 0 spiro atoms. The Morgan fingerprint density at radius 1 is 1.47 bits per heavy atom. The predicted octanol–water partition coefficient (Wildman–Crippen LogP) is 2.38. The zero-order chi connectivity index (χ0) is 11.6. The van der Waals surface area contributed by atoms with Gasteiger partial charge in [-0.15, -0.1) is 0 Å². The number of Topliss-reactive ketones (excluding diaryl/α,β-unsaturated/α-hetero) is 1. The Kier molecular flexibility index (Phi) is 3.24. The highest BCUT2D eigenvalue weighted by Crippen LogP contribution is 2.30. The molecule has 0 bridgehead atoms. The van der Waals surface area contributed by atoms with E-state index in [0.29, 0.717) is 5.56 Å². The Morgan fingerprint density at radius 3 is 2.53 bits per heavy atom. The van der Waals surface area contributed by atoms with Crippen LogP contribution in [0.4, 0.5) is 14.5 Å². The van der Waals surface area contributed by atoms with Gasteiger partial charge in [-0.3, -0.25) is 4.79 Å².